The zero-order valence-corrected chi connectivity index (χ0v) is 77.0. The summed E-state index contributed by atoms with van der Waals surface area (Å²) in [5.74, 6) is 10.6. The average molecular weight is 1660 g/mol. The van der Waals surface area contributed by atoms with Crippen molar-refractivity contribution in [2.45, 2.75) is 416 Å². The first-order chi connectivity index (χ1) is 55.8. The van der Waals surface area contributed by atoms with Gasteiger partial charge in [-0.05, 0) is 360 Å². The quantitative estimate of drug-likeness (QED) is 0.257. The minimum Gasteiger partial charge on any atom is -0.444 e. The number of piperidine rings is 4. The average Bonchev–Trinajstić information content (AvgIpc) is 1.34. The zero-order chi connectivity index (χ0) is 84.5. The van der Waals surface area contributed by atoms with Gasteiger partial charge < -0.3 is 49.3 Å². The van der Waals surface area contributed by atoms with Crippen LogP contribution in [-0.2, 0) is 38.3 Å². The van der Waals surface area contributed by atoms with E-state index >= 15 is 0 Å². The lowest BCUT2D eigenvalue weighted by Gasteiger charge is -2.44. The van der Waals surface area contributed by atoms with Crippen molar-refractivity contribution in [2.75, 3.05) is 85.1 Å². The molecule has 18 nitrogen and oxygen atoms in total. The number of ether oxygens (including phenoxy) is 1. The van der Waals surface area contributed by atoms with Gasteiger partial charge in [0.2, 0.25) is 41.4 Å². The van der Waals surface area contributed by atoms with Crippen LogP contribution in [0, 0.1) is 82.9 Å². The number of hydrogen-bond acceptors (Lipinski definition) is 10. The molecule has 0 unspecified atom stereocenters. The molecule has 8 amide bonds. The van der Waals surface area contributed by atoms with Crippen molar-refractivity contribution < 1.29 is 47.5 Å². The Labute approximate surface area is 719 Å². The molecule has 678 valence electrons. The molecule has 0 spiro atoms. The minimum absolute atomic E-state index is 0. The maximum Gasteiger partial charge on any atom is 0.410 e. The Hall–Kier alpha value is -4.55. The Kier molecular flexibility index (Phi) is 40.8. The maximum absolute atomic E-state index is 13.3. The number of carbonyl (C=O) groups is 8. The van der Waals surface area contributed by atoms with Gasteiger partial charge in [-0.3, -0.25) is 33.6 Å². The van der Waals surface area contributed by atoms with Crippen molar-refractivity contribution >= 4 is 47.4 Å². The highest BCUT2D eigenvalue weighted by atomic mass is 19.1. The van der Waals surface area contributed by atoms with Crippen LogP contribution in [-0.4, -0.2) is 213 Å². The monoisotopic (exact) mass is 1650 g/mol. The van der Waals surface area contributed by atoms with E-state index in [2.05, 4.69) is 92.1 Å². The standard InChI is InChI=1S/C18H32N2O3.C15H25NO.C14H25NO.C13H24N2O.2C13H23NO.C12H20FNO.CH4/c1-13-6-8-15(9-7-13)16(21)20-11-10-19(12-14(20)2)17(22)23-18(3,4)5;1-11-5-7-12(8-6-11)15(17)16-13-3-2-4-14(16)10-9-13;1-11-6-8-13(9-7-11)14(16)15-10-4-3-5-12(15)2;1-10-3-5-12(6-4-10)13(16)15-8-7-14-11(2)9-15;2*1-11-5-7-12(8-6-11)13(15)14-9-3-2-4-10-14;1-9-3-5-10(6-4-9)11(15)14-7-12(2,13)8-14;/h13-15H,6-12H2,1-5H3;11-14H,2-10H2,1H3;11-13H,3-10H2,1-2H3;10-12,14H,3-9H2,1-2H3;2*11-12H,2-10H2,1H3;9-10H,3-8H2,1-2H3;1H4/t13?,14-,15?;11?,12?,13-,14+;11?,12-,13?;10?,11-,12?;;;;/m1.10..../s1. The molecule has 118 heavy (non-hydrogen) atoms. The second kappa shape index (κ2) is 48.6. The molecule has 7 aliphatic carbocycles. The summed E-state index contributed by atoms with van der Waals surface area (Å²) in [7, 11) is 0. The molecule has 2 bridgehead atoms. The summed E-state index contributed by atoms with van der Waals surface area (Å²) >= 11 is 0. The normalized spacial score (nSPS) is 34.2. The van der Waals surface area contributed by atoms with Crippen LogP contribution in [0.5, 0.6) is 0 Å². The van der Waals surface area contributed by atoms with E-state index in [0.29, 0.717) is 116 Å². The number of alkyl halides is 1. The van der Waals surface area contributed by atoms with E-state index in [-0.39, 0.29) is 43.2 Å². The molecule has 8 aliphatic heterocycles. The lowest BCUT2D eigenvalue weighted by Crippen LogP contribution is -2.60. The van der Waals surface area contributed by atoms with Gasteiger partial charge in [0.25, 0.3) is 0 Å². The van der Waals surface area contributed by atoms with Crippen molar-refractivity contribution in [3.05, 3.63) is 0 Å². The van der Waals surface area contributed by atoms with Gasteiger partial charge in [-0.25, -0.2) is 9.18 Å². The maximum atomic E-state index is 13.3. The van der Waals surface area contributed by atoms with Crippen LogP contribution < -0.4 is 5.32 Å². The largest absolute Gasteiger partial charge is 0.444 e. The van der Waals surface area contributed by atoms with Gasteiger partial charge in [0.1, 0.15) is 11.3 Å². The molecule has 19 heteroatoms. The summed E-state index contributed by atoms with van der Waals surface area (Å²) in [4.78, 5) is 115. The van der Waals surface area contributed by atoms with Crippen LogP contribution in [0.1, 0.15) is 374 Å². The molecule has 0 aromatic carbocycles. The van der Waals surface area contributed by atoms with Crippen LogP contribution >= 0.6 is 0 Å². The molecule has 0 aromatic heterocycles. The van der Waals surface area contributed by atoms with E-state index in [1.54, 1.807) is 16.7 Å². The van der Waals surface area contributed by atoms with E-state index in [1.165, 1.54) is 154 Å². The molecular formula is C99H176FN9O9. The first-order valence-corrected chi connectivity index (χ1v) is 49.3. The summed E-state index contributed by atoms with van der Waals surface area (Å²) in [5, 5.41) is 3.38. The molecule has 15 aliphatic rings. The molecule has 15 fully saturated rings. The summed E-state index contributed by atoms with van der Waals surface area (Å²) < 4.78 is 18.7. The molecule has 8 saturated heterocycles. The number of fused-ring (bicyclic) bond motifs is 2. The number of nitrogens with zero attached hydrogens (tertiary/aromatic N) is 8. The third-order valence-corrected chi connectivity index (χ3v) is 30.5. The molecule has 7 saturated carbocycles. The van der Waals surface area contributed by atoms with E-state index in [0.717, 1.165) is 209 Å². The topological polar surface area (TPSA) is 184 Å². The Morgan fingerprint density at radius 2 is 0.636 bits per heavy atom. The molecular weight excluding hydrogens is 1480 g/mol. The number of likely N-dealkylation sites (tertiary alicyclic amines) is 4. The van der Waals surface area contributed by atoms with Gasteiger partial charge in [-0.2, -0.15) is 0 Å². The lowest BCUT2D eigenvalue weighted by atomic mass is 9.81. The highest BCUT2D eigenvalue weighted by Crippen LogP contribution is 2.42. The molecule has 1 N–H and O–H groups in total. The third-order valence-electron chi connectivity index (χ3n) is 30.5. The number of hydrogen-bond donors (Lipinski definition) is 1. The summed E-state index contributed by atoms with van der Waals surface area (Å²) in [5.41, 5.74) is -1.61. The number of rotatable bonds is 7. The molecule has 0 aromatic rings. The van der Waals surface area contributed by atoms with Gasteiger partial charge in [-0.1, -0.05) is 55.9 Å². The molecule has 0 radical (unpaired) electrons. The number of piperazine rings is 2. The zero-order valence-electron chi connectivity index (χ0n) is 77.0. The third kappa shape index (κ3) is 31.0. The fraction of sp³-hybridized carbons (Fsp3) is 0.919. The van der Waals surface area contributed by atoms with Gasteiger partial charge in [0.05, 0.1) is 13.1 Å². The first kappa shape index (κ1) is 98.9. The van der Waals surface area contributed by atoms with E-state index in [9.17, 15) is 42.7 Å². The van der Waals surface area contributed by atoms with Crippen molar-refractivity contribution in [1.82, 2.24) is 44.5 Å². The Morgan fingerprint density at radius 1 is 0.314 bits per heavy atom. The van der Waals surface area contributed by atoms with Crippen LogP contribution in [0.4, 0.5) is 9.18 Å². The fourth-order valence-electron chi connectivity index (χ4n) is 22.2. The number of amides is 8. The van der Waals surface area contributed by atoms with Crippen LogP contribution in [0.3, 0.4) is 0 Å². The van der Waals surface area contributed by atoms with Crippen LogP contribution in [0.2, 0.25) is 0 Å². The van der Waals surface area contributed by atoms with E-state index < -0.39 is 11.3 Å². The number of halogens is 1. The van der Waals surface area contributed by atoms with Gasteiger partial charge in [0, 0.05) is 144 Å². The van der Waals surface area contributed by atoms with Gasteiger partial charge in [-0.15, -0.1) is 0 Å². The molecule has 5 atom stereocenters. The van der Waals surface area contributed by atoms with Gasteiger partial charge >= 0.3 is 6.09 Å². The van der Waals surface area contributed by atoms with Gasteiger partial charge in [0.15, 0.2) is 0 Å². The highest BCUT2D eigenvalue weighted by molar-refractivity contribution is 5.83. The second-order valence-electron chi connectivity index (χ2n) is 42.5. The number of carbonyl (C=O) groups excluding carboxylic acids is 8. The smallest absolute Gasteiger partial charge is 0.410 e. The van der Waals surface area contributed by atoms with Crippen LogP contribution in [0.15, 0.2) is 0 Å². The van der Waals surface area contributed by atoms with Crippen molar-refractivity contribution in [1.29, 1.82) is 0 Å². The first-order valence-electron chi connectivity index (χ1n) is 49.3. The highest BCUT2D eigenvalue weighted by Gasteiger charge is 2.46. The van der Waals surface area contributed by atoms with Crippen LogP contribution in [0.25, 0.3) is 0 Å². The number of nitrogens with one attached hydrogen (secondary N) is 1. The van der Waals surface area contributed by atoms with Crippen molar-refractivity contribution in [3.63, 3.8) is 0 Å². The van der Waals surface area contributed by atoms with E-state index in [1.807, 2.05) is 32.6 Å². The SMILES string of the molecule is C.CC1CCC(C(=O)N2CC(C)(F)C2)CC1.CC1CCC(C(=O)N2CCCCC2)CC1.CC1CCC(C(=O)N2CCCCC2)CC1.CC1CCC(C(=O)N2CCCC[C@H]2C)CC1.CC1CCC(C(=O)N2CCN(C(=O)OC(C)(C)C)C[C@H]2C)CC1.CC1CCC(C(=O)N2CCN[C@@H](C)C2)CC1.CC1CCC(C(=O)N2[C@@H]3CCC[C@H]2CC3)CC1. The Balaban J connectivity index is 0.000000172. The van der Waals surface area contributed by atoms with E-state index in [4.69, 9.17) is 4.74 Å². The molecule has 15 rings (SSSR count). The minimum atomic E-state index is -1.13. The Bertz CT molecular complexity index is 2930. The summed E-state index contributed by atoms with van der Waals surface area (Å²) in [6.45, 7) is 39.8. The Morgan fingerprint density at radius 3 is 0.966 bits per heavy atom. The molecule has 8 heterocycles. The predicted molar refractivity (Wildman–Crippen MR) is 477 cm³/mol. The lowest BCUT2D eigenvalue weighted by molar-refractivity contribution is -0.150. The summed E-state index contributed by atoms with van der Waals surface area (Å²) in [6.07, 6.45) is 49.8. The fourth-order valence-corrected chi connectivity index (χ4v) is 22.2. The second-order valence-corrected chi connectivity index (χ2v) is 42.5. The van der Waals surface area contributed by atoms with Crippen molar-refractivity contribution in [3.8, 4) is 0 Å². The summed E-state index contributed by atoms with van der Waals surface area (Å²) in [6, 6.07) is 2.23. The van der Waals surface area contributed by atoms with Crippen molar-refractivity contribution in [2.24, 2.45) is 82.9 Å². The predicted octanol–water partition coefficient (Wildman–Crippen LogP) is 20.2.